The van der Waals surface area contributed by atoms with Gasteiger partial charge in [-0.05, 0) is 31.4 Å². The van der Waals surface area contributed by atoms with E-state index in [2.05, 4.69) is 4.98 Å². The number of ether oxygens (including phenoxy) is 1. The molecule has 0 aliphatic carbocycles. The molecule has 23 heavy (non-hydrogen) atoms. The van der Waals surface area contributed by atoms with Gasteiger partial charge < -0.3 is 14.6 Å². The molecule has 1 aliphatic heterocycles. The molecule has 0 spiro atoms. The molecule has 1 aromatic heterocycles. The molecule has 1 aliphatic rings. The van der Waals surface area contributed by atoms with Crippen molar-refractivity contribution < 1.29 is 14.3 Å². The fourth-order valence-electron chi connectivity index (χ4n) is 3.21. The van der Waals surface area contributed by atoms with Gasteiger partial charge in [-0.3, -0.25) is 9.59 Å². The van der Waals surface area contributed by atoms with Crippen molar-refractivity contribution in [2.45, 2.75) is 26.2 Å². The number of benzene rings is 1. The number of aromatic nitrogens is 1. The molecule has 5 heteroatoms. The maximum Gasteiger partial charge on any atom is 0.310 e. The molecule has 122 valence electrons. The zero-order chi connectivity index (χ0) is 16.2. The van der Waals surface area contributed by atoms with E-state index in [-0.39, 0.29) is 17.8 Å². The van der Waals surface area contributed by atoms with Gasteiger partial charge in [0.15, 0.2) is 0 Å². The van der Waals surface area contributed by atoms with Crippen molar-refractivity contribution in [2.24, 2.45) is 5.92 Å². The molecule has 1 amide bonds. The number of aromatic amines is 1. The predicted molar refractivity (Wildman–Crippen MR) is 87.9 cm³/mol. The lowest BCUT2D eigenvalue weighted by Gasteiger charge is -2.31. The Balaban J connectivity index is 1.67. The van der Waals surface area contributed by atoms with Crippen LogP contribution in [0.15, 0.2) is 30.5 Å². The minimum absolute atomic E-state index is 0.0729. The Kier molecular flexibility index (Phi) is 4.65. The van der Waals surface area contributed by atoms with Crippen molar-refractivity contribution >= 4 is 22.8 Å². The molecule has 0 bridgehead atoms. The van der Waals surface area contributed by atoms with E-state index in [9.17, 15) is 9.59 Å². The quantitative estimate of drug-likeness (QED) is 0.882. The zero-order valence-electron chi connectivity index (χ0n) is 13.4. The lowest BCUT2D eigenvalue weighted by atomic mass is 9.97. The Morgan fingerprint density at radius 2 is 2.17 bits per heavy atom. The summed E-state index contributed by atoms with van der Waals surface area (Å²) in [6, 6.07) is 7.97. The maximum atomic E-state index is 12.6. The van der Waals surface area contributed by atoms with Gasteiger partial charge in [0.1, 0.15) is 0 Å². The second-order valence-corrected chi connectivity index (χ2v) is 5.97. The molecule has 1 fully saturated rings. The van der Waals surface area contributed by atoms with E-state index >= 15 is 0 Å². The third-order valence-electron chi connectivity index (χ3n) is 4.41. The Morgan fingerprint density at radius 1 is 1.35 bits per heavy atom. The number of hydrogen-bond donors (Lipinski definition) is 1. The van der Waals surface area contributed by atoms with Gasteiger partial charge in [-0.15, -0.1) is 0 Å². The van der Waals surface area contributed by atoms with E-state index in [4.69, 9.17) is 4.74 Å². The number of rotatable bonds is 4. The minimum atomic E-state index is -0.185. The van der Waals surface area contributed by atoms with Crippen LogP contribution in [0.1, 0.15) is 25.3 Å². The Morgan fingerprint density at radius 3 is 3.00 bits per heavy atom. The normalized spacial score (nSPS) is 18.1. The standard InChI is InChI=1S/C18H22N2O3/c1-2-23-18(22)13-6-5-9-20(12-13)17(21)10-14-11-19-16-8-4-3-7-15(14)16/h3-4,7-8,11,13,19H,2,5-6,9-10,12H2,1H3/t13-/m1/s1. The summed E-state index contributed by atoms with van der Waals surface area (Å²) < 4.78 is 5.09. The number of fused-ring (bicyclic) bond motifs is 1. The van der Waals surface area contributed by atoms with Crippen molar-refractivity contribution in [3.63, 3.8) is 0 Å². The van der Waals surface area contributed by atoms with Crippen LogP contribution in [0.4, 0.5) is 0 Å². The van der Waals surface area contributed by atoms with E-state index in [1.807, 2.05) is 30.5 Å². The molecular weight excluding hydrogens is 292 g/mol. The maximum absolute atomic E-state index is 12.6. The lowest BCUT2D eigenvalue weighted by Crippen LogP contribution is -2.43. The average molecular weight is 314 g/mol. The van der Waals surface area contributed by atoms with Crippen LogP contribution in [0, 0.1) is 5.92 Å². The number of likely N-dealkylation sites (tertiary alicyclic amines) is 1. The number of amides is 1. The highest BCUT2D eigenvalue weighted by Gasteiger charge is 2.29. The van der Waals surface area contributed by atoms with Gasteiger partial charge in [-0.25, -0.2) is 0 Å². The van der Waals surface area contributed by atoms with Crippen molar-refractivity contribution in [1.29, 1.82) is 0 Å². The summed E-state index contributed by atoms with van der Waals surface area (Å²) in [5, 5.41) is 1.08. The first-order valence-electron chi connectivity index (χ1n) is 8.18. The van der Waals surface area contributed by atoms with Crippen LogP contribution in [0.2, 0.25) is 0 Å². The largest absolute Gasteiger partial charge is 0.466 e. The fraction of sp³-hybridized carbons (Fsp3) is 0.444. The molecule has 1 atom stereocenters. The average Bonchev–Trinajstić information content (AvgIpc) is 2.98. The highest BCUT2D eigenvalue weighted by Crippen LogP contribution is 2.22. The molecule has 1 aromatic carbocycles. The molecule has 3 rings (SSSR count). The van der Waals surface area contributed by atoms with Crippen molar-refractivity contribution in [3.05, 3.63) is 36.0 Å². The van der Waals surface area contributed by atoms with E-state index in [0.717, 1.165) is 35.9 Å². The number of hydrogen-bond acceptors (Lipinski definition) is 3. The van der Waals surface area contributed by atoms with Gasteiger partial charge in [-0.2, -0.15) is 0 Å². The predicted octanol–water partition coefficient (Wildman–Crippen LogP) is 2.51. The smallest absolute Gasteiger partial charge is 0.310 e. The van der Waals surface area contributed by atoms with E-state index in [1.165, 1.54) is 0 Å². The highest BCUT2D eigenvalue weighted by molar-refractivity contribution is 5.89. The summed E-state index contributed by atoms with van der Waals surface area (Å²) in [6.07, 6.45) is 3.91. The summed E-state index contributed by atoms with van der Waals surface area (Å²) >= 11 is 0. The number of para-hydroxylation sites is 1. The topological polar surface area (TPSA) is 62.4 Å². The third kappa shape index (κ3) is 3.38. The summed E-state index contributed by atoms with van der Waals surface area (Å²) in [5.41, 5.74) is 2.04. The van der Waals surface area contributed by atoms with Gasteiger partial charge in [0.25, 0.3) is 0 Å². The Bertz CT molecular complexity index is 707. The van der Waals surface area contributed by atoms with Crippen LogP contribution in [0.3, 0.4) is 0 Å². The first-order chi connectivity index (χ1) is 11.2. The van der Waals surface area contributed by atoms with Crippen molar-refractivity contribution in [2.75, 3.05) is 19.7 Å². The first-order valence-corrected chi connectivity index (χ1v) is 8.18. The van der Waals surface area contributed by atoms with Crippen molar-refractivity contribution in [1.82, 2.24) is 9.88 Å². The van der Waals surface area contributed by atoms with Gasteiger partial charge in [0.05, 0.1) is 18.9 Å². The Labute approximate surface area is 135 Å². The molecular formula is C18H22N2O3. The number of nitrogens with zero attached hydrogens (tertiary/aromatic N) is 1. The lowest BCUT2D eigenvalue weighted by molar-refractivity contribution is -0.151. The number of carbonyl (C=O) groups is 2. The molecule has 5 nitrogen and oxygen atoms in total. The fourth-order valence-corrected chi connectivity index (χ4v) is 3.21. The minimum Gasteiger partial charge on any atom is -0.466 e. The van der Waals surface area contributed by atoms with Gasteiger partial charge >= 0.3 is 5.97 Å². The number of esters is 1. The number of carbonyl (C=O) groups excluding carboxylic acids is 2. The zero-order valence-corrected chi connectivity index (χ0v) is 13.4. The summed E-state index contributed by atoms with van der Waals surface area (Å²) in [4.78, 5) is 29.5. The molecule has 0 saturated carbocycles. The third-order valence-corrected chi connectivity index (χ3v) is 4.41. The van der Waals surface area contributed by atoms with Crippen LogP contribution in [0.5, 0.6) is 0 Å². The highest BCUT2D eigenvalue weighted by atomic mass is 16.5. The van der Waals surface area contributed by atoms with E-state index < -0.39 is 0 Å². The van der Waals surface area contributed by atoms with E-state index in [0.29, 0.717) is 19.6 Å². The molecule has 1 N–H and O–H groups in total. The first kappa shape index (κ1) is 15.6. The second kappa shape index (κ2) is 6.86. The number of nitrogens with one attached hydrogen (secondary N) is 1. The molecule has 2 heterocycles. The molecule has 1 saturated heterocycles. The van der Waals surface area contributed by atoms with Crippen LogP contribution in [0.25, 0.3) is 10.9 Å². The summed E-state index contributed by atoms with van der Waals surface area (Å²) in [7, 11) is 0. The van der Waals surface area contributed by atoms with Gasteiger partial charge in [0, 0.05) is 30.2 Å². The summed E-state index contributed by atoms with van der Waals surface area (Å²) in [5.74, 6) is -0.295. The SMILES string of the molecule is CCOC(=O)[C@@H]1CCCN(C(=O)Cc2c[nH]c3ccccc23)C1. The van der Waals surface area contributed by atoms with Crippen LogP contribution < -0.4 is 0 Å². The molecule has 2 aromatic rings. The molecule has 0 unspecified atom stereocenters. The van der Waals surface area contributed by atoms with Crippen LogP contribution in [-0.2, 0) is 20.7 Å². The van der Waals surface area contributed by atoms with Gasteiger partial charge in [-0.1, -0.05) is 18.2 Å². The Hall–Kier alpha value is -2.30. The molecule has 0 radical (unpaired) electrons. The van der Waals surface area contributed by atoms with E-state index in [1.54, 1.807) is 11.8 Å². The van der Waals surface area contributed by atoms with Gasteiger partial charge in [0.2, 0.25) is 5.91 Å². The van der Waals surface area contributed by atoms with Crippen molar-refractivity contribution in [3.8, 4) is 0 Å². The van der Waals surface area contributed by atoms with Crippen LogP contribution in [-0.4, -0.2) is 41.5 Å². The second-order valence-electron chi connectivity index (χ2n) is 5.97. The number of H-pyrrole nitrogens is 1. The van der Waals surface area contributed by atoms with Crippen LogP contribution >= 0.6 is 0 Å². The number of piperidine rings is 1. The summed E-state index contributed by atoms with van der Waals surface area (Å²) in [6.45, 7) is 3.39. The monoisotopic (exact) mass is 314 g/mol.